The maximum atomic E-state index is 11.5. The average Bonchev–Trinajstić information content (AvgIpc) is 2.73. The molecular formula is C13H11Cl2NOS. The Morgan fingerprint density at radius 1 is 1.39 bits per heavy atom. The summed E-state index contributed by atoms with van der Waals surface area (Å²) in [6.07, 6.45) is 0.733. The van der Waals surface area contributed by atoms with Gasteiger partial charge in [0.1, 0.15) is 5.01 Å². The topological polar surface area (TPSA) is 30.0 Å². The van der Waals surface area contributed by atoms with E-state index in [2.05, 4.69) is 4.98 Å². The molecule has 18 heavy (non-hydrogen) atoms. The Hall–Kier alpha value is -0.900. The number of nitrogens with zero attached hydrogens (tertiary/aromatic N) is 1. The van der Waals surface area contributed by atoms with Gasteiger partial charge < -0.3 is 0 Å². The smallest absolute Gasteiger partial charge is 0.171 e. The van der Waals surface area contributed by atoms with Gasteiger partial charge in [-0.3, -0.25) is 4.79 Å². The lowest BCUT2D eigenvalue weighted by Gasteiger charge is -2.00. The Bertz CT molecular complexity index is 607. The van der Waals surface area contributed by atoms with Crippen LogP contribution in [0.25, 0.3) is 10.6 Å². The second-order valence-electron chi connectivity index (χ2n) is 3.83. The van der Waals surface area contributed by atoms with Crippen LogP contribution in [0.15, 0.2) is 18.2 Å². The third kappa shape index (κ3) is 2.58. The van der Waals surface area contributed by atoms with Crippen LogP contribution in [0.5, 0.6) is 0 Å². The van der Waals surface area contributed by atoms with Crippen LogP contribution in [0.1, 0.15) is 29.2 Å². The molecule has 0 aliphatic heterocycles. The van der Waals surface area contributed by atoms with E-state index >= 15 is 0 Å². The molecule has 1 heterocycles. The first-order valence-electron chi connectivity index (χ1n) is 5.49. The predicted octanol–water partition coefficient (Wildman–Crippen LogP) is 4.88. The molecule has 0 aliphatic rings. The Morgan fingerprint density at radius 2 is 2.11 bits per heavy atom. The molecule has 0 fully saturated rings. The van der Waals surface area contributed by atoms with Crippen molar-refractivity contribution in [2.75, 3.05) is 0 Å². The molecule has 0 atom stereocenters. The third-order valence-electron chi connectivity index (χ3n) is 2.51. The highest BCUT2D eigenvalue weighted by Crippen LogP contribution is 2.34. The number of aryl methyl sites for hydroxylation is 1. The summed E-state index contributed by atoms with van der Waals surface area (Å²) in [4.78, 5) is 16.7. The number of carbonyl (C=O) groups excluding carboxylic acids is 1. The van der Waals surface area contributed by atoms with Gasteiger partial charge in [0, 0.05) is 17.5 Å². The van der Waals surface area contributed by atoms with Crippen LogP contribution in [0, 0.1) is 0 Å². The Balaban J connectivity index is 2.54. The molecule has 0 spiro atoms. The normalized spacial score (nSPS) is 10.7. The van der Waals surface area contributed by atoms with Gasteiger partial charge in [0.2, 0.25) is 0 Å². The summed E-state index contributed by atoms with van der Waals surface area (Å²) in [5, 5.41) is 1.90. The zero-order valence-corrected chi connectivity index (χ0v) is 12.3. The molecule has 1 aromatic heterocycles. The molecule has 0 amide bonds. The molecule has 0 aliphatic carbocycles. The second-order valence-corrected chi connectivity index (χ2v) is 5.67. The number of carbonyl (C=O) groups is 1. The number of thiazole rings is 1. The van der Waals surface area contributed by atoms with E-state index in [0.717, 1.165) is 22.7 Å². The molecule has 94 valence electrons. The number of benzene rings is 1. The fourth-order valence-corrected chi connectivity index (χ4v) is 3.29. The highest BCUT2D eigenvalue weighted by atomic mass is 35.5. The lowest BCUT2D eigenvalue weighted by Crippen LogP contribution is -1.93. The summed E-state index contributed by atoms with van der Waals surface area (Å²) in [6, 6.07) is 5.27. The van der Waals surface area contributed by atoms with Crippen LogP contribution in [-0.2, 0) is 6.42 Å². The fourth-order valence-electron chi connectivity index (χ4n) is 1.64. The summed E-state index contributed by atoms with van der Waals surface area (Å²) >= 11 is 13.4. The quantitative estimate of drug-likeness (QED) is 0.756. The maximum Gasteiger partial charge on any atom is 0.171 e. The van der Waals surface area contributed by atoms with Gasteiger partial charge >= 0.3 is 0 Å². The van der Waals surface area contributed by atoms with Gasteiger partial charge in [0.25, 0.3) is 0 Å². The molecule has 0 bridgehead atoms. The Kier molecular flexibility index (Phi) is 4.05. The molecule has 1 aromatic carbocycles. The van der Waals surface area contributed by atoms with E-state index in [1.165, 1.54) is 11.3 Å². The van der Waals surface area contributed by atoms with Crippen LogP contribution >= 0.6 is 34.5 Å². The Labute approximate surface area is 120 Å². The van der Waals surface area contributed by atoms with E-state index in [4.69, 9.17) is 23.2 Å². The van der Waals surface area contributed by atoms with Crippen molar-refractivity contribution in [2.24, 2.45) is 0 Å². The van der Waals surface area contributed by atoms with Gasteiger partial charge in [0.05, 0.1) is 15.6 Å². The van der Waals surface area contributed by atoms with Crippen LogP contribution in [0.4, 0.5) is 0 Å². The largest absolute Gasteiger partial charge is 0.294 e. The van der Waals surface area contributed by atoms with Crippen molar-refractivity contribution in [3.8, 4) is 10.6 Å². The first kappa shape index (κ1) is 13.5. The molecule has 0 saturated heterocycles. The van der Waals surface area contributed by atoms with E-state index in [1.807, 2.05) is 13.0 Å². The first-order valence-corrected chi connectivity index (χ1v) is 7.06. The SMILES string of the molecule is CCc1nc(-c2ccc(Cl)cc2Cl)sc1C(C)=O. The minimum atomic E-state index is 0.0423. The van der Waals surface area contributed by atoms with Gasteiger partial charge in [-0.15, -0.1) is 11.3 Å². The molecule has 0 saturated carbocycles. The molecule has 2 aromatic rings. The number of rotatable bonds is 3. The fraction of sp³-hybridized carbons (Fsp3) is 0.231. The second kappa shape index (κ2) is 5.39. The van der Waals surface area contributed by atoms with Crippen molar-refractivity contribution in [3.63, 3.8) is 0 Å². The number of halogens is 2. The first-order chi connectivity index (χ1) is 8.52. The minimum absolute atomic E-state index is 0.0423. The zero-order chi connectivity index (χ0) is 13.3. The van der Waals surface area contributed by atoms with Gasteiger partial charge in [0.15, 0.2) is 5.78 Å². The zero-order valence-electron chi connectivity index (χ0n) is 9.96. The average molecular weight is 300 g/mol. The predicted molar refractivity (Wildman–Crippen MR) is 77.0 cm³/mol. The van der Waals surface area contributed by atoms with Crippen LogP contribution < -0.4 is 0 Å². The summed E-state index contributed by atoms with van der Waals surface area (Å²) in [6.45, 7) is 3.54. The molecule has 5 heteroatoms. The molecule has 0 N–H and O–H groups in total. The standard InChI is InChI=1S/C13H11Cl2NOS/c1-3-11-12(7(2)17)18-13(16-11)9-5-4-8(14)6-10(9)15/h4-6H,3H2,1-2H3. The Morgan fingerprint density at radius 3 is 2.61 bits per heavy atom. The number of Topliss-reactive ketones (excluding diaryl/α,β-unsaturated/α-hetero) is 1. The minimum Gasteiger partial charge on any atom is -0.294 e. The van der Waals surface area contributed by atoms with E-state index in [-0.39, 0.29) is 5.78 Å². The molecule has 2 nitrogen and oxygen atoms in total. The van der Waals surface area contributed by atoms with Crippen molar-refractivity contribution < 1.29 is 4.79 Å². The summed E-state index contributed by atoms with van der Waals surface area (Å²) < 4.78 is 0. The van der Waals surface area contributed by atoms with Gasteiger partial charge in [-0.25, -0.2) is 4.98 Å². The van der Waals surface area contributed by atoms with Gasteiger partial charge in [-0.05, 0) is 24.6 Å². The van der Waals surface area contributed by atoms with E-state index in [9.17, 15) is 4.79 Å². The van der Waals surface area contributed by atoms with Crippen molar-refractivity contribution >= 4 is 40.3 Å². The van der Waals surface area contributed by atoms with Crippen molar-refractivity contribution in [1.29, 1.82) is 0 Å². The highest BCUT2D eigenvalue weighted by molar-refractivity contribution is 7.17. The van der Waals surface area contributed by atoms with Crippen LogP contribution in [-0.4, -0.2) is 10.8 Å². The number of hydrogen-bond acceptors (Lipinski definition) is 3. The summed E-state index contributed by atoms with van der Waals surface area (Å²) in [5.41, 5.74) is 1.64. The highest BCUT2D eigenvalue weighted by Gasteiger charge is 2.16. The van der Waals surface area contributed by atoms with E-state index in [1.54, 1.807) is 19.1 Å². The lowest BCUT2D eigenvalue weighted by atomic mass is 10.2. The van der Waals surface area contributed by atoms with Crippen LogP contribution in [0.3, 0.4) is 0 Å². The number of ketones is 1. The van der Waals surface area contributed by atoms with Crippen LogP contribution in [0.2, 0.25) is 10.0 Å². The van der Waals surface area contributed by atoms with Crippen molar-refractivity contribution in [3.05, 3.63) is 38.8 Å². The summed E-state index contributed by atoms with van der Waals surface area (Å²) in [5.74, 6) is 0.0423. The molecular weight excluding hydrogens is 289 g/mol. The maximum absolute atomic E-state index is 11.5. The van der Waals surface area contributed by atoms with Gasteiger partial charge in [-0.2, -0.15) is 0 Å². The van der Waals surface area contributed by atoms with E-state index in [0.29, 0.717) is 14.9 Å². The molecule has 0 unspecified atom stereocenters. The third-order valence-corrected chi connectivity index (χ3v) is 4.29. The van der Waals surface area contributed by atoms with Crippen molar-refractivity contribution in [2.45, 2.75) is 20.3 Å². The van der Waals surface area contributed by atoms with E-state index < -0.39 is 0 Å². The van der Waals surface area contributed by atoms with Crippen molar-refractivity contribution in [1.82, 2.24) is 4.98 Å². The monoisotopic (exact) mass is 299 g/mol. The molecule has 2 rings (SSSR count). The summed E-state index contributed by atoms with van der Waals surface area (Å²) in [7, 11) is 0. The molecule has 0 radical (unpaired) electrons. The lowest BCUT2D eigenvalue weighted by molar-refractivity contribution is 0.102. The number of aromatic nitrogens is 1. The van der Waals surface area contributed by atoms with Gasteiger partial charge in [-0.1, -0.05) is 30.1 Å². The number of hydrogen-bond donors (Lipinski definition) is 0.